The zero-order valence-corrected chi connectivity index (χ0v) is 83.5. The molecule has 7 aliphatic rings. The van der Waals surface area contributed by atoms with Crippen molar-refractivity contribution >= 4 is 59.3 Å². The lowest BCUT2D eigenvalue weighted by atomic mass is 10.1. The fourth-order valence-electron chi connectivity index (χ4n) is 18.0. The highest BCUT2D eigenvalue weighted by Gasteiger charge is 2.39. The molecule has 4 aromatic rings. The van der Waals surface area contributed by atoms with Crippen molar-refractivity contribution in [3.05, 3.63) is 134 Å². The Morgan fingerprint density at radius 3 is 0.568 bits per heavy atom. The monoisotopic (exact) mass is 2070 g/mol. The molecule has 4 saturated heterocycles. The number of nitrogens with zero attached hydrogens (tertiary/aromatic N) is 20. The van der Waals surface area contributed by atoms with E-state index in [9.17, 15) is 78.3 Å². The largest absolute Gasteiger partial charge is 0.503 e. The van der Waals surface area contributed by atoms with Crippen LogP contribution in [0.15, 0.2) is 89.9 Å². The number of carbonyl (C=O) groups is 10. The fraction of sp³-hybridized carbons (Fsp3) is 0.649. The van der Waals surface area contributed by atoms with Crippen molar-refractivity contribution in [2.24, 2.45) is 0 Å². The van der Waals surface area contributed by atoms with Crippen LogP contribution < -0.4 is 5.56 Å². The van der Waals surface area contributed by atoms with Gasteiger partial charge in [-0.2, -0.15) is 0 Å². The molecule has 7 aliphatic heterocycles. The first-order valence-corrected chi connectivity index (χ1v) is 49.5. The lowest BCUT2D eigenvalue weighted by Gasteiger charge is -2.34. The third-order valence-electron chi connectivity index (χ3n) is 26.7. The topological polar surface area (TPSA) is 591 Å². The number of amides is 6. The molecule has 0 spiro atoms. The number of aliphatic carboxylic acids is 4. The summed E-state index contributed by atoms with van der Waals surface area (Å²) >= 11 is 0. The number of fused-ring (bicyclic) bond motifs is 3. The number of hydrogen-bond acceptors (Lipinski definition) is 44. The van der Waals surface area contributed by atoms with E-state index in [2.05, 4.69) is 97.9 Å². The van der Waals surface area contributed by atoms with Gasteiger partial charge in [0.25, 0.3) is 41.0 Å². The van der Waals surface area contributed by atoms with Gasteiger partial charge in [-0.05, 0) is 49.4 Å². The van der Waals surface area contributed by atoms with Gasteiger partial charge in [0.2, 0.25) is 0 Å². The molecule has 3 aromatic carbocycles. The van der Waals surface area contributed by atoms with Crippen LogP contribution >= 0.6 is 0 Å². The molecule has 0 aliphatic carbocycles. The molecule has 0 bridgehead atoms. The maximum absolute atomic E-state index is 12.8. The van der Waals surface area contributed by atoms with Crippen LogP contribution in [0.2, 0.25) is 0 Å². The summed E-state index contributed by atoms with van der Waals surface area (Å²) in [4.78, 5) is 206. The molecule has 52 nitrogen and oxygen atoms in total. The minimum atomic E-state index is -0.912. The molecule has 0 radical (unpaired) electrons. The third kappa shape index (κ3) is 42.5. The minimum Gasteiger partial charge on any atom is -0.503 e. The Kier molecular flexibility index (Phi) is 56.8. The fourth-order valence-corrected chi connectivity index (χ4v) is 18.0. The second-order valence-electron chi connectivity index (χ2n) is 36.1. The molecule has 11 rings (SSSR count). The number of aromatic hydroxyl groups is 1. The summed E-state index contributed by atoms with van der Waals surface area (Å²) < 4.78 is 1.44. The number of hydrogen-bond donors (Lipinski definition) is 13. The van der Waals surface area contributed by atoms with Gasteiger partial charge < -0.3 is 30.1 Å². The first-order valence-electron chi connectivity index (χ1n) is 49.5. The van der Waals surface area contributed by atoms with Gasteiger partial charge in [0, 0.05) is 326 Å². The highest BCUT2D eigenvalue weighted by atomic mass is 17.1. The van der Waals surface area contributed by atoms with E-state index in [1.807, 2.05) is 26.5 Å². The van der Waals surface area contributed by atoms with Crippen LogP contribution in [0.5, 0.6) is 5.75 Å². The number of pyridine rings is 1. The van der Waals surface area contributed by atoms with Gasteiger partial charge in [-0.15, -0.1) is 0 Å². The number of carbonyl (C=O) groups excluding carboxylic acids is 6. The van der Waals surface area contributed by atoms with E-state index in [0.717, 1.165) is 0 Å². The average Bonchev–Trinajstić information content (AvgIpc) is 1.65. The zero-order valence-electron chi connectivity index (χ0n) is 83.5. The van der Waals surface area contributed by atoms with Crippen LogP contribution in [0.25, 0.3) is 0 Å². The normalized spacial score (nSPS) is 19.3. The first-order chi connectivity index (χ1) is 70.6. The van der Waals surface area contributed by atoms with Gasteiger partial charge in [-0.1, -0.05) is 36.4 Å². The summed E-state index contributed by atoms with van der Waals surface area (Å²) in [5.74, 6) is -5.69. The van der Waals surface area contributed by atoms with Gasteiger partial charge in [0.15, 0.2) is 5.75 Å². The van der Waals surface area contributed by atoms with Crippen molar-refractivity contribution in [2.75, 3.05) is 380 Å². The number of imide groups is 3. The smallest absolute Gasteiger partial charge is 0.317 e. The van der Waals surface area contributed by atoms with Crippen molar-refractivity contribution in [3.8, 4) is 5.75 Å². The average molecular weight is 2070 g/mol. The third-order valence-corrected chi connectivity index (χ3v) is 26.7. The molecular weight excluding hydrogens is 1920 g/mol. The van der Waals surface area contributed by atoms with Gasteiger partial charge in [-0.3, -0.25) is 188 Å². The molecular formula is C94H150N20O32. The quantitative estimate of drug-likeness (QED) is 0.0130. The molecule has 0 unspecified atom stereocenters. The summed E-state index contributed by atoms with van der Waals surface area (Å²) in [6.45, 7) is 28.5. The highest BCUT2D eigenvalue weighted by Crippen LogP contribution is 2.26. The highest BCUT2D eigenvalue weighted by molar-refractivity contribution is 6.22. The van der Waals surface area contributed by atoms with Crippen molar-refractivity contribution in [3.63, 3.8) is 0 Å². The van der Waals surface area contributed by atoms with Gasteiger partial charge in [0.1, 0.15) is 0 Å². The molecule has 52 heteroatoms. The van der Waals surface area contributed by atoms with Gasteiger partial charge in [-0.25, -0.2) is 39.1 Å². The Bertz CT molecular complexity index is 4220. The SMILES string of the molecule is CCn1ccc(CN2CCN(CCOO)CCN(CCOO)CCN(CC(=O)O)CC2)c(O)c1=O.O=C(O)CN1CCN(CCOO)CCN(CCOO)CCN(CCN2C(=O)c3ccccc3C2=O)CC1.O=C(O)CN1CCN(CCOO)CCN(CCOO)CCN(CCN2C(=O)c3ccccc3C2=O)CC1.O=C(O)CN1CCN(CCOO)CCN(CCOO)CCN(CCN2C(=O)c3ccccc3C2=O)CC1. The number of aryl methyl sites for hydroxylation is 1. The van der Waals surface area contributed by atoms with E-state index in [1.54, 1.807) is 85.1 Å². The molecule has 146 heavy (non-hydrogen) atoms. The minimum absolute atomic E-state index is 0.101. The summed E-state index contributed by atoms with van der Waals surface area (Å²) in [5.41, 5.74) is 2.60. The van der Waals surface area contributed by atoms with Crippen molar-refractivity contribution in [1.82, 2.24) is 97.7 Å². The van der Waals surface area contributed by atoms with E-state index in [4.69, 9.17) is 42.1 Å². The van der Waals surface area contributed by atoms with Crippen LogP contribution in [-0.4, -0.2) is 605 Å². The van der Waals surface area contributed by atoms with E-state index < -0.39 is 29.4 Å². The molecule has 8 heterocycles. The van der Waals surface area contributed by atoms with Crippen molar-refractivity contribution in [2.45, 2.75) is 20.0 Å². The van der Waals surface area contributed by atoms with Crippen LogP contribution in [-0.2, 0) is 71.4 Å². The Hall–Kier alpha value is -9.57. The van der Waals surface area contributed by atoms with Gasteiger partial charge in [0.05, 0.1) is 112 Å². The molecule has 4 fully saturated rings. The van der Waals surface area contributed by atoms with Gasteiger partial charge >= 0.3 is 23.9 Å². The second kappa shape index (κ2) is 68.2. The molecule has 1 aromatic heterocycles. The van der Waals surface area contributed by atoms with Crippen molar-refractivity contribution in [1.29, 1.82) is 0 Å². The molecule has 13 N–H and O–H groups in total. The van der Waals surface area contributed by atoms with E-state index in [0.29, 0.717) is 333 Å². The van der Waals surface area contributed by atoms with E-state index in [-0.39, 0.29) is 140 Å². The molecule has 0 atom stereocenters. The zero-order chi connectivity index (χ0) is 105. The molecule has 6 amide bonds. The van der Waals surface area contributed by atoms with Crippen LogP contribution in [0.4, 0.5) is 0 Å². The maximum atomic E-state index is 12.8. The number of carboxylic acids is 4. The second-order valence-corrected chi connectivity index (χ2v) is 36.1. The lowest BCUT2D eigenvalue weighted by Crippen LogP contribution is -2.49. The van der Waals surface area contributed by atoms with Crippen LogP contribution in [0, 0.1) is 0 Å². The van der Waals surface area contributed by atoms with Crippen LogP contribution in [0.1, 0.15) is 74.6 Å². The summed E-state index contributed by atoms with van der Waals surface area (Å²) in [6.07, 6.45) is 1.67. The number of aromatic nitrogens is 1. The van der Waals surface area contributed by atoms with Crippen LogP contribution in [0.3, 0.4) is 0 Å². The first kappa shape index (κ1) is 122. The van der Waals surface area contributed by atoms with E-state index in [1.165, 1.54) is 19.3 Å². The predicted molar refractivity (Wildman–Crippen MR) is 525 cm³/mol. The number of rotatable bonds is 44. The van der Waals surface area contributed by atoms with Crippen molar-refractivity contribution < 1.29 is 155 Å². The molecule has 0 saturated carbocycles. The predicted octanol–water partition coefficient (Wildman–Crippen LogP) is -1.94. The summed E-state index contributed by atoms with van der Waals surface area (Å²) in [7, 11) is 0. The Morgan fingerprint density at radius 1 is 0.240 bits per heavy atom. The Morgan fingerprint density at radius 2 is 0.404 bits per heavy atom. The molecule has 818 valence electrons. The standard InChI is InChI=1S/3C24H37N5O8.C22H39N5O8/c3*30-22(31)19-28-11-9-25(13-14-29-23(32)20-3-1-2-4-21(20)24(29)33)5-6-26(15-17-36-34)7-8-27(10-12-28)16-18-37-35;1-2-27-4-3-19(21(30)22(27)31)17-25-9-7-23(13-15-34-32)5-6-24(14-16-35-33)8-10-26(12-11-25)18-20(28)29/h3*1-4,34-35H,5-19H2,(H,30,31);3-4,30,32-33H,2,5-18H2,1H3,(H,28,29). The summed E-state index contributed by atoms with van der Waals surface area (Å²) in [5, 5.41) is 118. The maximum Gasteiger partial charge on any atom is 0.317 e. The number of benzene rings is 3. The Labute approximate surface area is 848 Å². The number of carboxylic acid groups (broad SMARTS) is 4. The lowest BCUT2D eigenvalue weighted by molar-refractivity contribution is -0.245. The van der Waals surface area contributed by atoms with E-state index >= 15 is 0 Å². The Balaban J connectivity index is 0.000000238. The summed E-state index contributed by atoms with van der Waals surface area (Å²) in [6, 6.07) is 22.1.